The van der Waals surface area contributed by atoms with Crippen molar-refractivity contribution in [3.05, 3.63) is 35.9 Å². The topological polar surface area (TPSA) is 83.1 Å². The maximum atomic E-state index is 11.9. The molecular weight excluding hydrogens is 362 g/mol. The number of hydrogen-bond donors (Lipinski definition) is 1. The van der Waals surface area contributed by atoms with Crippen LogP contribution in [0.25, 0.3) is 0 Å². The SMILES string of the molecule is C[C@H](NCCOCCOCCC(=O)OC(C)(C)C)C(=O)OCc1ccccc1. The van der Waals surface area contributed by atoms with Gasteiger partial charge < -0.3 is 24.3 Å². The summed E-state index contributed by atoms with van der Waals surface area (Å²) < 4.78 is 21.2. The highest BCUT2D eigenvalue weighted by atomic mass is 16.6. The molecule has 1 rings (SSSR count). The summed E-state index contributed by atoms with van der Waals surface area (Å²) >= 11 is 0. The van der Waals surface area contributed by atoms with Gasteiger partial charge in [0.25, 0.3) is 0 Å². The van der Waals surface area contributed by atoms with Crippen molar-refractivity contribution in [2.75, 3.05) is 33.0 Å². The summed E-state index contributed by atoms with van der Waals surface area (Å²) in [6.07, 6.45) is 0.224. The Hall–Kier alpha value is -1.96. The first-order valence-corrected chi connectivity index (χ1v) is 9.59. The van der Waals surface area contributed by atoms with Crippen molar-refractivity contribution in [3.8, 4) is 0 Å². The van der Waals surface area contributed by atoms with Gasteiger partial charge in [-0.2, -0.15) is 0 Å². The Balaban J connectivity index is 1.96. The summed E-state index contributed by atoms with van der Waals surface area (Å²) in [6, 6.07) is 9.15. The standard InChI is InChI=1S/C21H33NO6/c1-17(20(24)27-16-18-8-6-5-7-9-18)22-11-13-26-15-14-25-12-10-19(23)28-21(2,3)4/h5-9,17,22H,10-16H2,1-4H3/t17-/m0/s1. The number of carbonyl (C=O) groups is 2. The zero-order valence-corrected chi connectivity index (χ0v) is 17.4. The average Bonchev–Trinajstić information content (AvgIpc) is 2.64. The predicted octanol–water partition coefficient (Wildman–Crippen LogP) is 2.47. The number of ether oxygens (including phenoxy) is 4. The molecule has 0 aromatic heterocycles. The predicted molar refractivity (Wildman–Crippen MR) is 106 cm³/mol. The van der Waals surface area contributed by atoms with Gasteiger partial charge in [0.05, 0.1) is 32.8 Å². The van der Waals surface area contributed by atoms with Crippen molar-refractivity contribution in [2.45, 2.75) is 52.4 Å². The summed E-state index contributed by atoms with van der Waals surface area (Å²) in [5.41, 5.74) is 0.483. The van der Waals surface area contributed by atoms with Crippen LogP contribution in [0.1, 0.15) is 39.7 Å². The number of benzene rings is 1. The molecule has 7 nitrogen and oxygen atoms in total. The van der Waals surface area contributed by atoms with E-state index in [1.54, 1.807) is 6.92 Å². The minimum Gasteiger partial charge on any atom is -0.460 e. The van der Waals surface area contributed by atoms with E-state index in [4.69, 9.17) is 18.9 Å². The third-order valence-electron chi connectivity index (χ3n) is 3.52. The Labute approximate surface area is 167 Å². The van der Waals surface area contributed by atoms with E-state index in [1.807, 2.05) is 51.1 Å². The second-order valence-electron chi connectivity index (χ2n) is 7.33. The first-order chi connectivity index (χ1) is 13.3. The molecule has 0 saturated carbocycles. The van der Waals surface area contributed by atoms with Crippen molar-refractivity contribution in [2.24, 2.45) is 0 Å². The van der Waals surface area contributed by atoms with Gasteiger partial charge in [0.15, 0.2) is 0 Å². The van der Waals surface area contributed by atoms with Gasteiger partial charge in [-0.3, -0.25) is 9.59 Å². The Morgan fingerprint density at radius 3 is 2.29 bits per heavy atom. The van der Waals surface area contributed by atoms with Crippen LogP contribution in [0.4, 0.5) is 0 Å². The Morgan fingerprint density at radius 2 is 1.64 bits per heavy atom. The van der Waals surface area contributed by atoms with E-state index < -0.39 is 11.6 Å². The lowest BCUT2D eigenvalue weighted by atomic mass is 10.2. The van der Waals surface area contributed by atoms with Gasteiger partial charge in [0, 0.05) is 6.54 Å². The van der Waals surface area contributed by atoms with Crippen LogP contribution in [-0.2, 0) is 35.1 Å². The molecule has 0 fully saturated rings. The van der Waals surface area contributed by atoms with Gasteiger partial charge in [-0.1, -0.05) is 30.3 Å². The molecule has 28 heavy (non-hydrogen) atoms. The molecule has 1 aromatic carbocycles. The second-order valence-corrected chi connectivity index (χ2v) is 7.33. The Kier molecular flexibility index (Phi) is 11.4. The van der Waals surface area contributed by atoms with Crippen molar-refractivity contribution in [1.82, 2.24) is 5.32 Å². The van der Waals surface area contributed by atoms with Gasteiger partial charge in [-0.15, -0.1) is 0 Å². The first-order valence-electron chi connectivity index (χ1n) is 9.59. The molecule has 0 spiro atoms. The number of nitrogens with one attached hydrogen (secondary N) is 1. The monoisotopic (exact) mass is 395 g/mol. The number of carbonyl (C=O) groups excluding carboxylic acids is 2. The maximum absolute atomic E-state index is 11.9. The van der Waals surface area contributed by atoms with Crippen molar-refractivity contribution >= 4 is 11.9 Å². The third kappa shape index (κ3) is 12.4. The molecule has 0 saturated heterocycles. The van der Waals surface area contributed by atoms with Crippen LogP contribution in [0.15, 0.2) is 30.3 Å². The largest absolute Gasteiger partial charge is 0.460 e. The zero-order chi connectivity index (χ0) is 20.8. The fraction of sp³-hybridized carbons (Fsp3) is 0.619. The quantitative estimate of drug-likeness (QED) is 0.406. The van der Waals surface area contributed by atoms with Crippen molar-refractivity contribution in [3.63, 3.8) is 0 Å². The lowest BCUT2D eigenvalue weighted by Gasteiger charge is -2.19. The van der Waals surface area contributed by atoms with E-state index in [2.05, 4.69) is 5.32 Å². The van der Waals surface area contributed by atoms with Crippen LogP contribution in [0, 0.1) is 0 Å². The fourth-order valence-corrected chi connectivity index (χ4v) is 2.15. The number of esters is 2. The molecule has 7 heteroatoms. The molecule has 0 aliphatic rings. The molecule has 0 unspecified atom stereocenters. The maximum Gasteiger partial charge on any atom is 0.323 e. The van der Waals surface area contributed by atoms with E-state index in [-0.39, 0.29) is 25.0 Å². The van der Waals surface area contributed by atoms with Crippen molar-refractivity contribution < 1.29 is 28.5 Å². The highest BCUT2D eigenvalue weighted by molar-refractivity contribution is 5.75. The molecule has 0 amide bonds. The second kappa shape index (κ2) is 13.3. The molecule has 0 heterocycles. The average molecular weight is 395 g/mol. The summed E-state index contributed by atoms with van der Waals surface area (Å²) in [4.78, 5) is 23.4. The van der Waals surface area contributed by atoms with E-state index in [1.165, 1.54) is 0 Å². The minimum atomic E-state index is -0.474. The molecule has 0 aliphatic heterocycles. The summed E-state index contributed by atoms with van der Waals surface area (Å²) in [6.45, 7) is 9.62. The highest BCUT2D eigenvalue weighted by Crippen LogP contribution is 2.08. The molecule has 0 aliphatic carbocycles. The number of rotatable bonds is 13. The molecule has 1 atom stereocenters. The van der Waals surface area contributed by atoms with Gasteiger partial charge in [-0.05, 0) is 33.3 Å². The van der Waals surface area contributed by atoms with E-state index >= 15 is 0 Å². The normalized spacial score (nSPS) is 12.4. The molecule has 0 bridgehead atoms. The Bertz CT molecular complexity index is 570. The minimum absolute atomic E-state index is 0.224. The molecule has 0 radical (unpaired) electrons. The molecular formula is C21H33NO6. The lowest BCUT2D eigenvalue weighted by molar-refractivity contribution is -0.156. The molecule has 1 aromatic rings. The summed E-state index contributed by atoms with van der Waals surface area (Å²) in [5.74, 6) is -0.569. The summed E-state index contributed by atoms with van der Waals surface area (Å²) in [7, 11) is 0. The van der Waals surface area contributed by atoms with Crippen LogP contribution in [0.5, 0.6) is 0 Å². The third-order valence-corrected chi connectivity index (χ3v) is 3.52. The lowest BCUT2D eigenvalue weighted by Crippen LogP contribution is -2.37. The van der Waals surface area contributed by atoms with Crippen LogP contribution < -0.4 is 5.32 Å². The summed E-state index contributed by atoms with van der Waals surface area (Å²) in [5, 5.41) is 3.06. The smallest absolute Gasteiger partial charge is 0.323 e. The van der Waals surface area contributed by atoms with Crippen LogP contribution in [-0.4, -0.2) is 56.6 Å². The van der Waals surface area contributed by atoms with Crippen LogP contribution in [0.3, 0.4) is 0 Å². The number of hydrogen-bond acceptors (Lipinski definition) is 7. The van der Waals surface area contributed by atoms with Crippen LogP contribution in [0.2, 0.25) is 0 Å². The van der Waals surface area contributed by atoms with E-state index in [9.17, 15) is 9.59 Å². The Morgan fingerprint density at radius 1 is 1.00 bits per heavy atom. The van der Waals surface area contributed by atoms with Gasteiger partial charge in [0.1, 0.15) is 18.2 Å². The van der Waals surface area contributed by atoms with E-state index in [0.29, 0.717) is 33.0 Å². The van der Waals surface area contributed by atoms with Gasteiger partial charge >= 0.3 is 11.9 Å². The highest BCUT2D eigenvalue weighted by Gasteiger charge is 2.16. The van der Waals surface area contributed by atoms with Gasteiger partial charge in [-0.25, -0.2) is 0 Å². The fourth-order valence-electron chi connectivity index (χ4n) is 2.15. The molecule has 1 N–H and O–H groups in total. The van der Waals surface area contributed by atoms with Crippen LogP contribution >= 0.6 is 0 Å². The zero-order valence-electron chi connectivity index (χ0n) is 17.4. The molecule has 158 valence electrons. The van der Waals surface area contributed by atoms with Gasteiger partial charge in [0.2, 0.25) is 0 Å². The first kappa shape index (κ1) is 24.1. The van der Waals surface area contributed by atoms with Crippen molar-refractivity contribution in [1.29, 1.82) is 0 Å². The van der Waals surface area contributed by atoms with E-state index in [0.717, 1.165) is 5.56 Å².